The normalized spacial score (nSPS) is 10.3. The molecule has 3 aromatic carbocycles. The first-order valence-corrected chi connectivity index (χ1v) is 7.00. The Morgan fingerprint density at radius 3 is 2.00 bits per heavy atom. The van der Waals surface area contributed by atoms with Crippen LogP contribution in [-0.2, 0) is 0 Å². The molecule has 0 amide bonds. The molecule has 0 saturated carbocycles. The largest absolute Gasteiger partial charge is 0.508 e. The summed E-state index contributed by atoms with van der Waals surface area (Å²) in [5, 5.41) is 9.23. The lowest BCUT2D eigenvalue weighted by Crippen LogP contribution is -2.03. The third kappa shape index (κ3) is 3.37. The average molecular weight is 308 g/mol. The molecule has 23 heavy (non-hydrogen) atoms. The smallest absolute Gasteiger partial charge is 0.195 e. The molecule has 1 N–H and O–H groups in total. The quantitative estimate of drug-likeness (QED) is 0.719. The van der Waals surface area contributed by atoms with E-state index in [0.717, 1.165) is 0 Å². The molecular weight excluding hydrogens is 295 g/mol. The van der Waals surface area contributed by atoms with Crippen LogP contribution in [0.25, 0.3) is 0 Å². The van der Waals surface area contributed by atoms with Gasteiger partial charge in [-0.25, -0.2) is 4.39 Å². The monoisotopic (exact) mass is 308 g/mol. The van der Waals surface area contributed by atoms with Gasteiger partial charge in [-0.3, -0.25) is 4.79 Å². The molecule has 0 spiro atoms. The zero-order chi connectivity index (χ0) is 16.2. The minimum atomic E-state index is -0.540. The number of carbonyl (C=O) groups excluding carboxylic acids is 1. The standard InChI is InChI=1S/C19H13FO3/c20-18-4-2-1-3-17(18)19(22)13-5-9-15(10-6-13)23-16-11-7-14(21)8-12-16/h1-12,21H. The van der Waals surface area contributed by atoms with E-state index in [1.807, 2.05) is 0 Å². The maximum Gasteiger partial charge on any atom is 0.195 e. The Labute approximate surface area is 132 Å². The van der Waals surface area contributed by atoms with Crippen LogP contribution in [0.1, 0.15) is 15.9 Å². The van der Waals surface area contributed by atoms with Gasteiger partial charge in [0.25, 0.3) is 0 Å². The first kappa shape index (κ1) is 14.8. The van der Waals surface area contributed by atoms with Gasteiger partial charge < -0.3 is 9.84 Å². The summed E-state index contributed by atoms with van der Waals surface area (Å²) < 4.78 is 19.3. The highest BCUT2D eigenvalue weighted by Crippen LogP contribution is 2.24. The molecule has 0 atom stereocenters. The highest BCUT2D eigenvalue weighted by molar-refractivity contribution is 6.09. The molecule has 0 bridgehead atoms. The van der Waals surface area contributed by atoms with E-state index in [-0.39, 0.29) is 17.1 Å². The van der Waals surface area contributed by atoms with E-state index in [1.165, 1.54) is 24.3 Å². The summed E-state index contributed by atoms with van der Waals surface area (Å²) in [6, 6.07) is 18.6. The Hall–Kier alpha value is -3.14. The number of hydrogen-bond donors (Lipinski definition) is 1. The number of ketones is 1. The van der Waals surface area contributed by atoms with Crippen molar-refractivity contribution in [3.05, 3.63) is 89.7 Å². The lowest BCUT2D eigenvalue weighted by atomic mass is 10.0. The molecule has 3 aromatic rings. The molecule has 0 aliphatic rings. The fourth-order valence-corrected chi connectivity index (χ4v) is 2.13. The van der Waals surface area contributed by atoms with Gasteiger partial charge in [-0.15, -0.1) is 0 Å². The molecule has 4 heteroatoms. The van der Waals surface area contributed by atoms with Crippen molar-refractivity contribution < 1.29 is 19.0 Å². The van der Waals surface area contributed by atoms with Crippen molar-refractivity contribution in [2.45, 2.75) is 0 Å². The number of rotatable bonds is 4. The average Bonchev–Trinajstić information content (AvgIpc) is 2.57. The number of carbonyl (C=O) groups is 1. The molecule has 114 valence electrons. The van der Waals surface area contributed by atoms with Crippen LogP contribution in [0.2, 0.25) is 0 Å². The summed E-state index contributed by atoms with van der Waals surface area (Å²) in [5.74, 6) is 0.348. The van der Waals surface area contributed by atoms with Gasteiger partial charge in [0.15, 0.2) is 5.78 Å². The van der Waals surface area contributed by atoms with Crippen molar-refractivity contribution in [3.8, 4) is 17.2 Å². The zero-order valence-electron chi connectivity index (χ0n) is 12.1. The molecule has 3 nitrogen and oxygen atoms in total. The molecule has 0 saturated heterocycles. The van der Waals surface area contributed by atoms with Gasteiger partial charge in [0, 0.05) is 5.56 Å². The van der Waals surface area contributed by atoms with E-state index >= 15 is 0 Å². The summed E-state index contributed by atoms with van der Waals surface area (Å²) in [6.45, 7) is 0. The van der Waals surface area contributed by atoms with E-state index in [1.54, 1.807) is 48.5 Å². The van der Waals surface area contributed by atoms with Crippen LogP contribution in [0.4, 0.5) is 4.39 Å². The van der Waals surface area contributed by atoms with E-state index in [2.05, 4.69) is 0 Å². The van der Waals surface area contributed by atoms with E-state index in [0.29, 0.717) is 17.1 Å². The van der Waals surface area contributed by atoms with Gasteiger partial charge in [0.05, 0.1) is 5.56 Å². The van der Waals surface area contributed by atoms with Gasteiger partial charge in [-0.05, 0) is 60.7 Å². The van der Waals surface area contributed by atoms with Crippen molar-refractivity contribution >= 4 is 5.78 Å². The Kier molecular flexibility index (Phi) is 4.06. The molecule has 3 rings (SSSR count). The van der Waals surface area contributed by atoms with E-state index in [9.17, 15) is 14.3 Å². The number of aromatic hydroxyl groups is 1. The minimum absolute atomic E-state index is 0.0414. The van der Waals surface area contributed by atoms with Gasteiger partial charge in [-0.2, -0.15) is 0 Å². The summed E-state index contributed by atoms with van der Waals surface area (Å²) in [5.41, 5.74) is 0.424. The van der Waals surface area contributed by atoms with Crippen molar-refractivity contribution in [1.82, 2.24) is 0 Å². The molecular formula is C19H13FO3. The summed E-state index contributed by atoms with van der Waals surface area (Å²) in [6.07, 6.45) is 0. The van der Waals surface area contributed by atoms with Crippen LogP contribution in [0.5, 0.6) is 17.2 Å². The van der Waals surface area contributed by atoms with Crippen molar-refractivity contribution in [2.75, 3.05) is 0 Å². The van der Waals surface area contributed by atoms with E-state index < -0.39 is 5.82 Å². The van der Waals surface area contributed by atoms with Crippen molar-refractivity contribution in [3.63, 3.8) is 0 Å². The minimum Gasteiger partial charge on any atom is -0.508 e. The highest BCUT2D eigenvalue weighted by Gasteiger charge is 2.13. The SMILES string of the molecule is O=C(c1ccc(Oc2ccc(O)cc2)cc1)c1ccccc1F. The number of benzene rings is 3. The summed E-state index contributed by atoms with van der Waals surface area (Å²) >= 11 is 0. The predicted molar refractivity (Wildman–Crippen MR) is 84.5 cm³/mol. The lowest BCUT2D eigenvalue weighted by molar-refractivity contribution is 0.103. The maximum atomic E-state index is 13.7. The molecule has 0 unspecified atom stereocenters. The molecule has 0 fully saturated rings. The van der Waals surface area contributed by atoms with Crippen molar-refractivity contribution in [2.24, 2.45) is 0 Å². The van der Waals surface area contributed by atoms with Crippen LogP contribution < -0.4 is 4.74 Å². The third-order valence-corrected chi connectivity index (χ3v) is 3.31. The number of halogens is 1. The first-order valence-electron chi connectivity index (χ1n) is 7.00. The number of phenols is 1. The second kappa shape index (κ2) is 6.32. The Morgan fingerprint density at radius 1 is 0.826 bits per heavy atom. The van der Waals surface area contributed by atoms with Crippen LogP contribution >= 0.6 is 0 Å². The number of ether oxygens (including phenoxy) is 1. The van der Waals surface area contributed by atoms with Crippen LogP contribution in [0.3, 0.4) is 0 Å². The van der Waals surface area contributed by atoms with Crippen LogP contribution in [0, 0.1) is 5.82 Å². The predicted octanol–water partition coefficient (Wildman–Crippen LogP) is 4.55. The Balaban J connectivity index is 1.78. The first-order chi connectivity index (χ1) is 11.1. The van der Waals surface area contributed by atoms with Gasteiger partial charge in [0.2, 0.25) is 0 Å². The zero-order valence-corrected chi connectivity index (χ0v) is 12.1. The number of phenolic OH excluding ortho intramolecular Hbond substituents is 1. The molecule has 0 radical (unpaired) electrons. The fourth-order valence-electron chi connectivity index (χ4n) is 2.13. The van der Waals surface area contributed by atoms with Crippen LogP contribution in [-0.4, -0.2) is 10.9 Å². The molecule has 0 aliphatic heterocycles. The third-order valence-electron chi connectivity index (χ3n) is 3.31. The highest BCUT2D eigenvalue weighted by atomic mass is 19.1. The van der Waals surface area contributed by atoms with Crippen molar-refractivity contribution in [1.29, 1.82) is 0 Å². The van der Waals surface area contributed by atoms with Gasteiger partial charge in [-0.1, -0.05) is 12.1 Å². The van der Waals surface area contributed by atoms with Crippen LogP contribution in [0.15, 0.2) is 72.8 Å². The Morgan fingerprint density at radius 2 is 1.39 bits per heavy atom. The van der Waals surface area contributed by atoms with E-state index in [4.69, 9.17) is 4.74 Å². The van der Waals surface area contributed by atoms with Gasteiger partial charge >= 0.3 is 0 Å². The molecule has 0 aliphatic carbocycles. The summed E-state index contributed by atoms with van der Waals surface area (Å²) in [7, 11) is 0. The number of hydrogen-bond acceptors (Lipinski definition) is 3. The fraction of sp³-hybridized carbons (Fsp3) is 0. The summed E-state index contributed by atoms with van der Waals surface area (Å²) in [4.78, 5) is 12.3. The lowest BCUT2D eigenvalue weighted by Gasteiger charge is -2.07. The second-order valence-corrected chi connectivity index (χ2v) is 4.93. The molecule has 0 heterocycles. The van der Waals surface area contributed by atoms with Gasteiger partial charge in [0.1, 0.15) is 23.1 Å². The second-order valence-electron chi connectivity index (χ2n) is 4.93. The Bertz CT molecular complexity index is 824. The maximum absolute atomic E-state index is 13.7. The topological polar surface area (TPSA) is 46.5 Å². The molecule has 0 aromatic heterocycles.